The van der Waals surface area contributed by atoms with E-state index in [9.17, 15) is 0 Å². The molecule has 0 N–H and O–H groups in total. The third-order valence-electron chi connectivity index (χ3n) is 2.73. The summed E-state index contributed by atoms with van der Waals surface area (Å²) in [7, 11) is 0. The van der Waals surface area contributed by atoms with Crippen LogP contribution in [0.2, 0.25) is 0 Å². The highest BCUT2D eigenvalue weighted by Gasteiger charge is 2.12. The van der Waals surface area contributed by atoms with Gasteiger partial charge in [0.25, 0.3) is 0 Å². The normalized spacial score (nSPS) is 16.9. The van der Waals surface area contributed by atoms with E-state index < -0.39 is 0 Å². The summed E-state index contributed by atoms with van der Waals surface area (Å²) in [6.07, 6.45) is 10.7. The first kappa shape index (κ1) is 11.4. The van der Waals surface area contributed by atoms with Crippen LogP contribution in [0, 0.1) is 0 Å². The molecule has 0 bridgehead atoms. The maximum atomic E-state index is 5.70. The zero-order chi connectivity index (χ0) is 10.2. The number of hydrogen-bond donors (Lipinski definition) is 0. The fourth-order valence-corrected chi connectivity index (χ4v) is 1.93. The predicted molar refractivity (Wildman–Crippen MR) is 61.2 cm³/mol. The average Bonchev–Trinajstić information content (AvgIpc) is 2.24. The molecular formula is C13H22O. The van der Waals surface area contributed by atoms with Crippen molar-refractivity contribution in [3.63, 3.8) is 0 Å². The van der Waals surface area contributed by atoms with Gasteiger partial charge in [-0.15, -0.1) is 0 Å². The van der Waals surface area contributed by atoms with Gasteiger partial charge >= 0.3 is 0 Å². The van der Waals surface area contributed by atoms with Crippen LogP contribution in [0.5, 0.6) is 0 Å². The minimum absolute atomic E-state index is 0.672. The van der Waals surface area contributed by atoms with Crippen LogP contribution in [0.4, 0.5) is 0 Å². The molecule has 0 saturated heterocycles. The summed E-state index contributed by atoms with van der Waals surface area (Å²) in [6.45, 7) is 6.60. The molecule has 0 heterocycles. The van der Waals surface area contributed by atoms with Crippen molar-refractivity contribution < 1.29 is 4.74 Å². The topological polar surface area (TPSA) is 9.23 Å². The Morgan fingerprint density at radius 2 is 2.14 bits per heavy atom. The van der Waals surface area contributed by atoms with E-state index in [0.717, 1.165) is 6.42 Å². The van der Waals surface area contributed by atoms with E-state index in [2.05, 4.69) is 13.5 Å². The number of hydrogen-bond acceptors (Lipinski definition) is 1. The minimum atomic E-state index is 0.672. The van der Waals surface area contributed by atoms with Crippen LogP contribution in [0.15, 0.2) is 24.0 Å². The zero-order valence-corrected chi connectivity index (χ0v) is 9.35. The number of ether oxygens (including phenoxy) is 1. The Morgan fingerprint density at radius 3 is 2.86 bits per heavy atom. The fraction of sp³-hybridized carbons (Fsp3) is 0.692. The van der Waals surface area contributed by atoms with Crippen LogP contribution >= 0.6 is 0 Å². The molecule has 0 spiro atoms. The molecule has 0 saturated carbocycles. The Balaban J connectivity index is 2.49. The third kappa shape index (κ3) is 3.57. The lowest BCUT2D eigenvalue weighted by atomic mass is 9.94. The SMILES string of the molecule is C=CCOC1=C(CCCC)CCCC1. The van der Waals surface area contributed by atoms with Crippen molar-refractivity contribution >= 4 is 0 Å². The van der Waals surface area contributed by atoms with Crippen LogP contribution in [-0.4, -0.2) is 6.61 Å². The Hall–Kier alpha value is -0.720. The summed E-state index contributed by atoms with van der Waals surface area (Å²) < 4.78 is 5.70. The summed E-state index contributed by atoms with van der Waals surface area (Å²) in [5, 5.41) is 0. The molecule has 1 heteroatoms. The summed E-state index contributed by atoms with van der Waals surface area (Å²) in [5.41, 5.74) is 1.57. The number of rotatable bonds is 6. The Bertz CT molecular complexity index is 203. The van der Waals surface area contributed by atoms with Crippen molar-refractivity contribution in [2.75, 3.05) is 6.61 Å². The van der Waals surface area contributed by atoms with E-state index >= 15 is 0 Å². The second-order valence-electron chi connectivity index (χ2n) is 3.94. The predicted octanol–water partition coefficient (Wildman–Crippen LogP) is 4.21. The maximum absolute atomic E-state index is 5.70. The van der Waals surface area contributed by atoms with Crippen molar-refractivity contribution in [2.45, 2.75) is 51.9 Å². The van der Waals surface area contributed by atoms with Gasteiger partial charge in [-0.3, -0.25) is 0 Å². The van der Waals surface area contributed by atoms with Crippen molar-refractivity contribution in [1.29, 1.82) is 0 Å². The lowest BCUT2D eigenvalue weighted by Gasteiger charge is -2.20. The smallest absolute Gasteiger partial charge is 0.106 e. The molecule has 0 aromatic carbocycles. The molecular weight excluding hydrogens is 172 g/mol. The van der Waals surface area contributed by atoms with Gasteiger partial charge in [0.05, 0.1) is 5.76 Å². The van der Waals surface area contributed by atoms with E-state index in [1.807, 2.05) is 6.08 Å². The second kappa shape index (κ2) is 6.69. The average molecular weight is 194 g/mol. The van der Waals surface area contributed by atoms with Crippen LogP contribution in [0.3, 0.4) is 0 Å². The van der Waals surface area contributed by atoms with Crippen LogP contribution in [0.1, 0.15) is 51.9 Å². The van der Waals surface area contributed by atoms with Gasteiger partial charge in [0, 0.05) is 6.42 Å². The number of allylic oxidation sites excluding steroid dienone is 2. The molecule has 1 aliphatic rings. The highest BCUT2D eigenvalue weighted by Crippen LogP contribution is 2.28. The monoisotopic (exact) mass is 194 g/mol. The molecule has 80 valence electrons. The van der Waals surface area contributed by atoms with Gasteiger partial charge in [0.2, 0.25) is 0 Å². The molecule has 0 aliphatic heterocycles. The van der Waals surface area contributed by atoms with Gasteiger partial charge in [-0.05, 0) is 37.7 Å². The molecule has 0 aromatic heterocycles. The Labute approximate surface area is 87.8 Å². The van der Waals surface area contributed by atoms with Gasteiger partial charge in [-0.25, -0.2) is 0 Å². The quantitative estimate of drug-likeness (QED) is 0.576. The fourth-order valence-electron chi connectivity index (χ4n) is 1.93. The van der Waals surface area contributed by atoms with Crippen LogP contribution < -0.4 is 0 Å². The van der Waals surface area contributed by atoms with Crippen molar-refractivity contribution in [3.8, 4) is 0 Å². The number of unbranched alkanes of at least 4 members (excludes halogenated alkanes) is 1. The summed E-state index contributed by atoms with van der Waals surface area (Å²) in [6, 6.07) is 0. The molecule has 1 rings (SSSR count). The first-order valence-electron chi connectivity index (χ1n) is 5.83. The molecule has 0 amide bonds. The molecule has 0 fully saturated rings. The van der Waals surface area contributed by atoms with Crippen molar-refractivity contribution in [3.05, 3.63) is 24.0 Å². The van der Waals surface area contributed by atoms with Gasteiger partial charge < -0.3 is 4.74 Å². The molecule has 0 atom stereocenters. The first-order chi connectivity index (χ1) is 6.88. The Morgan fingerprint density at radius 1 is 1.36 bits per heavy atom. The van der Waals surface area contributed by atoms with Gasteiger partial charge in [-0.1, -0.05) is 26.0 Å². The van der Waals surface area contributed by atoms with E-state index in [4.69, 9.17) is 4.74 Å². The molecule has 0 unspecified atom stereocenters. The molecule has 1 aliphatic carbocycles. The largest absolute Gasteiger partial charge is 0.494 e. The highest BCUT2D eigenvalue weighted by atomic mass is 16.5. The standard InChI is InChI=1S/C13H22O/c1-3-5-8-12-9-6-7-10-13(12)14-11-4-2/h4H,2-3,5-11H2,1H3. The van der Waals surface area contributed by atoms with Crippen molar-refractivity contribution in [2.24, 2.45) is 0 Å². The van der Waals surface area contributed by atoms with Gasteiger partial charge in [-0.2, -0.15) is 0 Å². The second-order valence-corrected chi connectivity index (χ2v) is 3.94. The van der Waals surface area contributed by atoms with E-state index in [0.29, 0.717) is 6.61 Å². The summed E-state index contributed by atoms with van der Waals surface area (Å²) in [4.78, 5) is 0. The summed E-state index contributed by atoms with van der Waals surface area (Å²) >= 11 is 0. The lowest BCUT2D eigenvalue weighted by Crippen LogP contribution is -2.04. The van der Waals surface area contributed by atoms with Gasteiger partial charge in [0.15, 0.2) is 0 Å². The molecule has 0 aromatic rings. The molecule has 0 radical (unpaired) electrons. The van der Waals surface area contributed by atoms with E-state index in [1.54, 1.807) is 5.57 Å². The first-order valence-corrected chi connectivity index (χ1v) is 5.83. The maximum Gasteiger partial charge on any atom is 0.106 e. The van der Waals surface area contributed by atoms with E-state index in [1.165, 1.54) is 44.3 Å². The van der Waals surface area contributed by atoms with Gasteiger partial charge in [0.1, 0.15) is 6.61 Å². The summed E-state index contributed by atoms with van der Waals surface area (Å²) in [5.74, 6) is 1.27. The molecule has 1 nitrogen and oxygen atoms in total. The highest BCUT2D eigenvalue weighted by molar-refractivity contribution is 5.12. The minimum Gasteiger partial charge on any atom is -0.494 e. The van der Waals surface area contributed by atoms with E-state index in [-0.39, 0.29) is 0 Å². The van der Waals surface area contributed by atoms with Crippen LogP contribution in [0.25, 0.3) is 0 Å². The Kier molecular flexibility index (Phi) is 5.43. The van der Waals surface area contributed by atoms with Crippen molar-refractivity contribution in [1.82, 2.24) is 0 Å². The lowest BCUT2D eigenvalue weighted by molar-refractivity contribution is 0.220. The third-order valence-corrected chi connectivity index (χ3v) is 2.73. The van der Waals surface area contributed by atoms with Crippen LogP contribution in [-0.2, 0) is 4.74 Å². The zero-order valence-electron chi connectivity index (χ0n) is 9.35. The molecule has 14 heavy (non-hydrogen) atoms.